The number of aromatic nitrogens is 1. The second kappa shape index (κ2) is 7.53. The molecule has 5 heteroatoms. The Morgan fingerprint density at radius 3 is 2.69 bits per heavy atom. The highest BCUT2D eigenvalue weighted by Crippen LogP contribution is 2.35. The maximum Gasteiger partial charge on any atom is 0.0950 e. The number of aliphatic hydroxyl groups excluding tert-OH is 1. The molecule has 0 unspecified atom stereocenters. The molecule has 0 aliphatic carbocycles. The topological polar surface area (TPSA) is 45.2 Å². The van der Waals surface area contributed by atoms with Crippen molar-refractivity contribution >= 4 is 34.1 Å². The number of pyridine rings is 1. The molecule has 134 valence electrons. The van der Waals surface area contributed by atoms with Crippen molar-refractivity contribution in [2.75, 3.05) is 6.54 Å². The fraction of sp³-hybridized carbons (Fsp3) is 0.286. The Kier molecular flexibility index (Phi) is 5.14. The van der Waals surface area contributed by atoms with Crippen molar-refractivity contribution in [1.29, 1.82) is 0 Å². The lowest BCUT2D eigenvalue weighted by atomic mass is 9.92. The summed E-state index contributed by atoms with van der Waals surface area (Å²) in [5, 5.41) is 16.6. The molecule has 3 aromatic rings. The van der Waals surface area contributed by atoms with Crippen LogP contribution in [0.4, 0.5) is 0 Å². The Morgan fingerprint density at radius 2 is 1.92 bits per heavy atom. The summed E-state index contributed by atoms with van der Waals surface area (Å²) in [4.78, 5) is 4.77. The van der Waals surface area contributed by atoms with Gasteiger partial charge < -0.3 is 10.4 Å². The van der Waals surface area contributed by atoms with Crippen LogP contribution in [-0.4, -0.2) is 22.7 Å². The molecule has 0 amide bonds. The zero-order chi connectivity index (χ0) is 18.1. The summed E-state index contributed by atoms with van der Waals surface area (Å²) in [6.45, 7) is 0.945. The molecule has 2 N–H and O–H groups in total. The molecule has 1 aromatic heterocycles. The molecule has 2 atom stereocenters. The van der Waals surface area contributed by atoms with E-state index in [1.165, 1.54) is 0 Å². The van der Waals surface area contributed by atoms with Gasteiger partial charge in [0.1, 0.15) is 0 Å². The number of hydrogen-bond acceptors (Lipinski definition) is 3. The van der Waals surface area contributed by atoms with E-state index in [4.69, 9.17) is 28.2 Å². The molecule has 2 heterocycles. The van der Waals surface area contributed by atoms with Crippen molar-refractivity contribution in [2.24, 2.45) is 0 Å². The number of aliphatic hydroxyl groups is 1. The first-order valence-electron chi connectivity index (χ1n) is 8.90. The van der Waals surface area contributed by atoms with E-state index in [2.05, 4.69) is 5.32 Å². The second-order valence-corrected chi connectivity index (χ2v) is 7.58. The van der Waals surface area contributed by atoms with Gasteiger partial charge in [-0.05, 0) is 55.3 Å². The molecule has 0 radical (unpaired) electrons. The summed E-state index contributed by atoms with van der Waals surface area (Å²) in [5.74, 6) is 0. The van der Waals surface area contributed by atoms with Crippen molar-refractivity contribution < 1.29 is 5.11 Å². The van der Waals surface area contributed by atoms with Crippen LogP contribution < -0.4 is 5.32 Å². The van der Waals surface area contributed by atoms with Crippen LogP contribution >= 0.6 is 23.2 Å². The first-order chi connectivity index (χ1) is 12.6. The summed E-state index contributed by atoms with van der Waals surface area (Å²) < 4.78 is 0. The van der Waals surface area contributed by atoms with Crippen LogP contribution in [0.3, 0.4) is 0 Å². The molecule has 1 fully saturated rings. The zero-order valence-electron chi connectivity index (χ0n) is 14.3. The molecule has 1 aliphatic heterocycles. The number of rotatable bonds is 3. The number of para-hydroxylation sites is 1. The number of fused-ring (bicyclic) bond motifs is 1. The van der Waals surface area contributed by atoms with Gasteiger partial charge >= 0.3 is 0 Å². The van der Waals surface area contributed by atoms with Gasteiger partial charge in [0, 0.05) is 22.0 Å². The average molecular weight is 387 g/mol. The fourth-order valence-corrected chi connectivity index (χ4v) is 4.15. The van der Waals surface area contributed by atoms with Crippen LogP contribution in [0, 0.1) is 0 Å². The van der Waals surface area contributed by atoms with Crippen LogP contribution in [0.25, 0.3) is 22.2 Å². The minimum Gasteiger partial charge on any atom is -0.387 e. The van der Waals surface area contributed by atoms with Crippen molar-refractivity contribution in [3.63, 3.8) is 0 Å². The molecule has 0 bridgehead atoms. The Morgan fingerprint density at radius 1 is 1.08 bits per heavy atom. The Hall–Kier alpha value is -1.65. The van der Waals surface area contributed by atoms with E-state index in [0.717, 1.165) is 53.5 Å². The lowest BCUT2D eigenvalue weighted by Crippen LogP contribution is -2.38. The lowest BCUT2D eigenvalue weighted by molar-refractivity contribution is 0.115. The molecule has 2 aromatic carbocycles. The van der Waals surface area contributed by atoms with Gasteiger partial charge in [0.15, 0.2) is 0 Å². The highest BCUT2D eigenvalue weighted by Gasteiger charge is 2.25. The smallest absolute Gasteiger partial charge is 0.0950 e. The third-order valence-electron chi connectivity index (χ3n) is 5.00. The third kappa shape index (κ3) is 3.45. The molecule has 0 saturated carbocycles. The standard InChI is InChI=1S/C21H20Cl2N2O/c22-13-8-9-15(17(23)11-13)20-12-16(14-5-1-2-6-18(14)25-20)21(26)19-7-3-4-10-24-19/h1-2,5-6,8-9,11-12,19,21,24,26H,3-4,7,10H2/t19-,21-/m0/s1. The predicted octanol–water partition coefficient (Wildman–Crippen LogP) is 5.38. The van der Waals surface area contributed by atoms with Gasteiger partial charge in [0.05, 0.1) is 22.3 Å². The number of halogens is 2. The number of nitrogens with zero attached hydrogens (tertiary/aromatic N) is 1. The van der Waals surface area contributed by atoms with Crippen LogP contribution in [0.2, 0.25) is 10.0 Å². The Balaban J connectivity index is 1.85. The normalized spacial score (nSPS) is 18.8. The maximum absolute atomic E-state index is 11.1. The maximum atomic E-state index is 11.1. The van der Waals surface area contributed by atoms with E-state index in [-0.39, 0.29) is 6.04 Å². The minimum absolute atomic E-state index is 0.0584. The molecule has 0 spiro atoms. The summed E-state index contributed by atoms with van der Waals surface area (Å²) in [7, 11) is 0. The first kappa shape index (κ1) is 17.7. The van der Waals surface area contributed by atoms with Gasteiger partial charge in [-0.2, -0.15) is 0 Å². The van der Waals surface area contributed by atoms with Gasteiger partial charge in [0.2, 0.25) is 0 Å². The van der Waals surface area contributed by atoms with Gasteiger partial charge in [0.25, 0.3) is 0 Å². The lowest BCUT2D eigenvalue weighted by Gasteiger charge is -2.29. The highest BCUT2D eigenvalue weighted by molar-refractivity contribution is 6.36. The van der Waals surface area contributed by atoms with Crippen LogP contribution in [0.5, 0.6) is 0 Å². The third-order valence-corrected chi connectivity index (χ3v) is 5.55. The number of hydrogen-bond donors (Lipinski definition) is 2. The largest absolute Gasteiger partial charge is 0.387 e. The van der Waals surface area contributed by atoms with E-state index >= 15 is 0 Å². The van der Waals surface area contributed by atoms with Crippen molar-refractivity contribution in [3.05, 3.63) is 64.1 Å². The van der Waals surface area contributed by atoms with Gasteiger partial charge in [-0.25, -0.2) is 4.98 Å². The van der Waals surface area contributed by atoms with E-state index in [0.29, 0.717) is 10.0 Å². The van der Waals surface area contributed by atoms with E-state index in [1.807, 2.05) is 36.4 Å². The quantitative estimate of drug-likeness (QED) is 0.634. The zero-order valence-corrected chi connectivity index (χ0v) is 15.8. The summed E-state index contributed by atoms with van der Waals surface area (Å²) in [5.41, 5.74) is 3.29. The van der Waals surface area contributed by atoms with Crippen molar-refractivity contribution in [2.45, 2.75) is 31.4 Å². The monoisotopic (exact) mass is 386 g/mol. The summed E-state index contributed by atoms with van der Waals surface area (Å²) >= 11 is 12.4. The summed E-state index contributed by atoms with van der Waals surface area (Å²) in [6, 6.07) is 15.3. The van der Waals surface area contributed by atoms with Gasteiger partial charge in [-0.3, -0.25) is 0 Å². The molecular formula is C21H20Cl2N2O. The average Bonchev–Trinajstić information content (AvgIpc) is 2.67. The molecule has 4 rings (SSSR count). The number of benzene rings is 2. The van der Waals surface area contributed by atoms with E-state index in [9.17, 15) is 5.11 Å². The van der Waals surface area contributed by atoms with Crippen molar-refractivity contribution in [1.82, 2.24) is 10.3 Å². The Labute approximate surface area is 163 Å². The number of nitrogens with one attached hydrogen (secondary N) is 1. The number of piperidine rings is 1. The Bertz CT molecular complexity index is 938. The van der Waals surface area contributed by atoms with Crippen LogP contribution in [0.1, 0.15) is 30.9 Å². The predicted molar refractivity (Wildman–Crippen MR) is 108 cm³/mol. The fourth-order valence-electron chi connectivity index (χ4n) is 3.65. The summed E-state index contributed by atoms with van der Waals surface area (Å²) in [6.07, 6.45) is 2.67. The highest BCUT2D eigenvalue weighted by atomic mass is 35.5. The second-order valence-electron chi connectivity index (χ2n) is 6.74. The van der Waals surface area contributed by atoms with Crippen LogP contribution in [-0.2, 0) is 0 Å². The van der Waals surface area contributed by atoms with Crippen LogP contribution in [0.15, 0.2) is 48.5 Å². The minimum atomic E-state index is -0.590. The SMILES string of the molecule is O[C@@H](c1cc(-c2ccc(Cl)cc2Cl)nc2ccccc12)[C@@H]1CCCCN1. The molecule has 1 saturated heterocycles. The molecule has 1 aliphatic rings. The molecule has 26 heavy (non-hydrogen) atoms. The van der Waals surface area contributed by atoms with Gasteiger partial charge in [-0.1, -0.05) is 47.8 Å². The van der Waals surface area contributed by atoms with Crippen molar-refractivity contribution in [3.8, 4) is 11.3 Å². The molecule has 3 nitrogen and oxygen atoms in total. The van der Waals surface area contributed by atoms with Gasteiger partial charge in [-0.15, -0.1) is 0 Å². The molecular weight excluding hydrogens is 367 g/mol. The van der Waals surface area contributed by atoms with E-state index < -0.39 is 6.10 Å². The first-order valence-corrected chi connectivity index (χ1v) is 9.65. The van der Waals surface area contributed by atoms with E-state index in [1.54, 1.807) is 12.1 Å².